The molecular weight excluding hydrogens is 384 g/mol. The Balaban J connectivity index is 1.43. The van der Waals surface area contributed by atoms with Crippen LogP contribution in [0.2, 0.25) is 0 Å². The van der Waals surface area contributed by atoms with E-state index in [-0.39, 0.29) is 12.5 Å². The Hall–Kier alpha value is -3.87. The van der Waals surface area contributed by atoms with E-state index in [0.717, 1.165) is 16.5 Å². The molecule has 0 atom stereocenters. The van der Waals surface area contributed by atoms with Gasteiger partial charge in [-0.05, 0) is 42.5 Å². The van der Waals surface area contributed by atoms with Crippen LogP contribution < -0.4 is 20.4 Å². The molecule has 2 aromatic heterocycles. The average Bonchev–Trinajstić information content (AvgIpc) is 2.78. The van der Waals surface area contributed by atoms with E-state index >= 15 is 0 Å². The molecule has 0 aliphatic heterocycles. The molecule has 1 N–H and O–H groups in total. The molecule has 4 aromatic rings. The zero-order valence-electron chi connectivity index (χ0n) is 16.4. The first-order chi connectivity index (χ1) is 14.6. The van der Waals surface area contributed by atoms with Crippen LogP contribution in [0.5, 0.6) is 11.5 Å². The minimum Gasteiger partial charge on any atom is -0.497 e. The number of methoxy groups -OCH3 is 1. The zero-order chi connectivity index (χ0) is 20.9. The highest BCUT2D eigenvalue weighted by Gasteiger charge is 2.10. The summed E-state index contributed by atoms with van der Waals surface area (Å²) in [4.78, 5) is 28.6. The molecule has 0 unspecified atom stereocenters. The van der Waals surface area contributed by atoms with Gasteiger partial charge in [0, 0.05) is 41.7 Å². The van der Waals surface area contributed by atoms with Gasteiger partial charge >= 0.3 is 5.63 Å². The Kier molecular flexibility index (Phi) is 5.61. The molecule has 2 heterocycles. The predicted octanol–water partition coefficient (Wildman–Crippen LogP) is 3.09. The van der Waals surface area contributed by atoms with Gasteiger partial charge in [-0.15, -0.1) is 0 Å². The fraction of sp³-hybridized carbons (Fsp3) is 0.174. The van der Waals surface area contributed by atoms with E-state index in [2.05, 4.69) is 10.3 Å². The summed E-state index contributed by atoms with van der Waals surface area (Å²) in [5.41, 5.74) is 0.847. The molecule has 0 aliphatic rings. The largest absolute Gasteiger partial charge is 0.497 e. The van der Waals surface area contributed by atoms with Crippen LogP contribution in [0.1, 0.15) is 5.69 Å². The molecule has 0 fully saturated rings. The molecule has 7 nitrogen and oxygen atoms in total. The Bertz CT molecular complexity index is 1250. The number of carbonyl (C=O) groups excluding carboxylic acids is 1. The lowest BCUT2D eigenvalue weighted by Gasteiger charge is -2.09. The summed E-state index contributed by atoms with van der Waals surface area (Å²) in [5, 5.41) is 4.78. The molecular formula is C23H20N2O5. The summed E-state index contributed by atoms with van der Waals surface area (Å²) in [6.45, 7) is 0.337. The molecule has 7 heteroatoms. The van der Waals surface area contributed by atoms with Crippen molar-refractivity contribution in [3.8, 4) is 11.5 Å². The number of benzene rings is 2. The minimum absolute atomic E-state index is 0.136. The molecule has 0 radical (unpaired) electrons. The van der Waals surface area contributed by atoms with Gasteiger partial charge in [-0.3, -0.25) is 9.78 Å². The molecule has 0 aliphatic carbocycles. The van der Waals surface area contributed by atoms with Crippen molar-refractivity contribution in [1.29, 1.82) is 0 Å². The van der Waals surface area contributed by atoms with Gasteiger partial charge < -0.3 is 19.2 Å². The van der Waals surface area contributed by atoms with E-state index in [1.807, 2.05) is 24.3 Å². The van der Waals surface area contributed by atoms with Crippen molar-refractivity contribution < 1.29 is 18.7 Å². The van der Waals surface area contributed by atoms with Crippen LogP contribution in [0.25, 0.3) is 21.7 Å². The monoisotopic (exact) mass is 404 g/mol. The van der Waals surface area contributed by atoms with Gasteiger partial charge in [-0.1, -0.05) is 6.07 Å². The Morgan fingerprint density at radius 3 is 2.67 bits per heavy atom. The van der Waals surface area contributed by atoms with Crippen LogP contribution in [-0.4, -0.2) is 31.2 Å². The summed E-state index contributed by atoms with van der Waals surface area (Å²) in [7, 11) is 1.54. The third-order valence-electron chi connectivity index (χ3n) is 4.69. The topological polar surface area (TPSA) is 90.7 Å². The SMILES string of the molecule is COc1ccc2c(c1)c(=O)oc1cc(OCC(=O)NCCc3ccccn3)ccc12. The molecule has 30 heavy (non-hydrogen) atoms. The van der Waals surface area contributed by atoms with E-state index in [1.54, 1.807) is 43.6 Å². The number of nitrogens with one attached hydrogen (secondary N) is 1. The lowest BCUT2D eigenvalue weighted by atomic mass is 10.1. The van der Waals surface area contributed by atoms with Gasteiger partial charge in [0.2, 0.25) is 0 Å². The van der Waals surface area contributed by atoms with Crippen LogP contribution in [-0.2, 0) is 11.2 Å². The number of hydrogen-bond acceptors (Lipinski definition) is 6. The molecule has 2 aromatic carbocycles. The molecule has 0 saturated heterocycles. The average molecular weight is 404 g/mol. The normalized spacial score (nSPS) is 10.8. The number of ether oxygens (including phenoxy) is 2. The van der Waals surface area contributed by atoms with E-state index < -0.39 is 5.63 Å². The fourth-order valence-corrected chi connectivity index (χ4v) is 3.18. The first-order valence-electron chi connectivity index (χ1n) is 9.48. The number of fused-ring (bicyclic) bond motifs is 3. The number of pyridine rings is 1. The highest BCUT2D eigenvalue weighted by atomic mass is 16.5. The maximum absolute atomic E-state index is 12.3. The van der Waals surface area contributed by atoms with Gasteiger partial charge in [0.1, 0.15) is 17.1 Å². The van der Waals surface area contributed by atoms with Gasteiger partial charge in [0.25, 0.3) is 5.91 Å². The Labute approximate surface area is 172 Å². The van der Waals surface area contributed by atoms with Crippen LogP contribution in [0.3, 0.4) is 0 Å². The first-order valence-corrected chi connectivity index (χ1v) is 9.48. The second-order valence-corrected chi connectivity index (χ2v) is 6.67. The summed E-state index contributed by atoms with van der Waals surface area (Å²) >= 11 is 0. The maximum Gasteiger partial charge on any atom is 0.344 e. The number of amides is 1. The predicted molar refractivity (Wildman–Crippen MR) is 113 cm³/mol. The van der Waals surface area contributed by atoms with Crippen LogP contribution in [0.4, 0.5) is 0 Å². The second kappa shape index (κ2) is 8.65. The zero-order valence-corrected chi connectivity index (χ0v) is 16.4. The molecule has 0 bridgehead atoms. The van der Waals surface area contributed by atoms with Crippen molar-refractivity contribution in [2.45, 2.75) is 6.42 Å². The lowest BCUT2D eigenvalue weighted by molar-refractivity contribution is -0.123. The Morgan fingerprint density at radius 1 is 1.03 bits per heavy atom. The third kappa shape index (κ3) is 4.25. The maximum atomic E-state index is 12.3. The number of aromatic nitrogens is 1. The number of hydrogen-bond donors (Lipinski definition) is 1. The van der Waals surface area contributed by atoms with Crippen molar-refractivity contribution >= 4 is 27.6 Å². The summed E-state index contributed by atoms with van der Waals surface area (Å²) in [6.07, 6.45) is 2.36. The third-order valence-corrected chi connectivity index (χ3v) is 4.69. The quantitative estimate of drug-likeness (QED) is 0.376. The van der Waals surface area contributed by atoms with Gasteiger partial charge in [0.05, 0.1) is 12.5 Å². The molecule has 4 rings (SSSR count). The lowest BCUT2D eigenvalue weighted by Crippen LogP contribution is -2.30. The van der Waals surface area contributed by atoms with Crippen molar-refractivity contribution in [3.63, 3.8) is 0 Å². The summed E-state index contributed by atoms with van der Waals surface area (Å²) in [6, 6.07) is 16.1. The number of rotatable bonds is 7. The number of nitrogens with zero attached hydrogens (tertiary/aromatic N) is 1. The van der Waals surface area contributed by atoms with Crippen molar-refractivity contribution in [2.75, 3.05) is 20.3 Å². The molecule has 1 amide bonds. The van der Waals surface area contributed by atoms with Crippen LogP contribution in [0, 0.1) is 0 Å². The van der Waals surface area contributed by atoms with Gasteiger partial charge in [-0.25, -0.2) is 4.79 Å². The summed E-state index contributed by atoms with van der Waals surface area (Å²) in [5.74, 6) is 0.791. The van der Waals surface area contributed by atoms with E-state index in [1.165, 1.54) is 0 Å². The fourth-order valence-electron chi connectivity index (χ4n) is 3.18. The van der Waals surface area contributed by atoms with Crippen LogP contribution in [0.15, 0.2) is 70.0 Å². The molecule has 0 spiro atoms. The van der Waals surface area contributed by atoms with E-state index in [4.69, 9.17) is 13.9 Å². The number of carbonyl (C=O) groups is 1. The summed E-state index contributed by atoms with van der Waals surface area (Å²) < 4.78 is 16.2. The van der Waals surface area contributed by atoms with E-state index in [0.29, 0.717) is 35.4 Å². The highest BCUT2D eigenvalue weighted by Crippen LogP contribution is 2.28. The molecule has 0 saturated carbocycles. The second-order valence-electron chi connectivity index (χ2n) is 6.67. The van der Waals surface area contributed by atoms with Crippen molar-refractivity contribution in [2.24, 2.45) is 0 Å². The van der Waals surface area contributed by atoms with Crippen LogP contribution >= 0.6 is 0 Å². The van der Waals surface area contributed by atoms with Crippen molar-refractivity contribution in [1.82, 2.24) is 10.3 Å². The molecule has 152 valence electrons. The van der Waals surface area contributed by atoms with Crippen molar-refractivity contribution in [3.05, 3.63) is 76.9 Å². The first kappa shape index (κ1) is 19.4. The van der Waals surface area contributed by atoms with E-state index in [9.17, 15) is 9.59 Å². The minimum atomic E-state index is -0.458. The van der Waals surface area contributed by atoms with Gasteiger partial charge in [0.15, 0.2) is 6.61 Å². The van der Waals surface area contributed by atoms with Gasteiger partial charge in [-0.2, -0.15) is 0 Å². The Morgan fingerprint density at radius 2 is 1.87 bits per heavy atom. The smallest absolute Gasteiger partial charge is 0.344 e. The highest BCUT2D eigenvalue weighted by molar-refractivity contribution is 6.04. The standard InChI is InChI=1S/C23H20N2O5/c1-28-16-5-7-18-19-8-6-17(13-21(19)30-23(27)20(18)12-16)29-14-22(26)25-11-9-15-4-2-3-10-24-15/h2-8,10,12-13H,9,11,14H2,1H3,(H,25,26).